The van der Waals surface area contributed by atoms with Crippen LogP contribution in [0.25, 0.3) is 0 Å². The van der Waals surface area contributed by atoms with Crippen molar-refractivity contribution in [2.75, 3.05) is 7.11 Å². The Morgan fingerprint density at radius 2 is 1.90 bits per heavy atom. The standard InChI is InChI=1S/C23H27F4NO3/c1-11(2)18-13(4)28-16(10-17(18)29)21-19(12(3)22(5,31-21)23(25,26)27)14-8-7-9-15(24)20(14)30-6/h7-12,19,21H,1-6H3,(H,28,29)/t12-,19-,21-,22+/m0/s1. The fourth-order valence-corrected chi connectivity index (χ4v) is 4.66. The Kier molecular flexibility index (Phi) is 5.99. The number of H-pyrrole nitrogens is 1. The first-order valence-corrected chi connectivity index (χ1v) is 10.1. The third kappa shape index (κ3) is 3.75. The number of aromatic nitrogens is 1. The average molecular weight is 441 g/mol. The van der Waals surface area contributed by atoms with Crippen molar-refractivity contribution in [1.29, 1.82) is 0 Å². The number of aromatic amines is 1. The molecule has 1 N–H and O–H groups in total. The van der Waals surface area contributed by atoms with Crippen molar-refractivity contribution in [2.24, 2.45) is 5.92 Å². The number of pyridine rings is 1. The third-order valence-corrected chi connectivity index (χ3v) is 6.40. The number of para-hydroxylation sites is 1. The number of hydrogen-bond acceptors (Lipinski definition) is 3. The van der Waals surface area contributed by atoms with Gasteiger partial charge in [-0.1, -0.05) is 32.9 Å². The second-order valence-electron chi connectivity index (χ2n) is 8.60. The van der Waals surface area contributed by atoms with Gasteiger partial charge in [-0.05, 0) is 25.8 Å². The highest BCUT2D eigenvalue weighted by molar-refractivity contribution is 5.41. The van der Waals surface area contributed by atoms with Crippen LogP contribution in [0, 0.1) is 18.7 Å². The van der Waals surface area contributed by atoms with E-state index in [1.807, 2.05) is 13.8 Å². The number of halogens is 4. The molecule has 2 aromatic rings. The molecule has 8 heteroatoms. The Hall–Kier alpha value is -2.35. The minimum Gasteiger partial charge on any atom is -0.493 e. The van der Waals surface area contributed by atoms with E-state index < -0.39 is 35.5 Å². The maximum atomic E-state index is 14.4. The number of rotatable bonds is 4. The first kappa shape index (κ1) is 23.3. The molecule has 1 saturated heterocycles. The van der Waals surface area contributed by atoms with Gasteiger partial charge in [0.2, 0.25) is 0 Å². The van der Waals surface area contributed by atoms with Gasteiger partial charge < -0.3 is 14.5 Å². The van der Waals surface area contributed by atoms with Gasteiger partial charge in [0.05, 0.1) is 7.11 Å². The second-order valence-corrected chi connectivity index (χ2v) is 8.60. The fourth-order valence-electron chi connectivity index (χ4n) is 4.66. The van der Waals surface area contributed by atoms with Crippen molar-refractivity contribution in [3.05, 3.63) is 62.8 Å². The molecule has 1 aromatic carbocycles. The van der Waals surface area contributed by atoms with Crippen molar-refractivity contribution in [2.45, 2.75) is 64.3 Å². The first-order valence-electron chi connectivity index (χ1n) is 10.1. The lowest BCUT2D eigenvalue weighted by Gasteiger charge is -2.32. The van der Waals surface area contributed by atoms with Crippen molar-refractivity contribution in [1.82, 2.24) is 4.98 Å². The van der Waals surface area contributed by atoms with Gasteiger partial charge >= 0.3 is 6.18 Å². The van der Waals surface area contributed by atoms with E-state index in [1.54, 1.807) is 6.92 Å². The molecule has 0 radical (unpaired) electrons. The maximum Gasteiger partial charge on any atom is 0.417 e. The van der Waals surface area contributed by atoms with E-state index in [0.29, 0.717) is 11.3 Å². The zero-order chi connectivity index (χ0) is 23.3. The minimum atomic E-state index is -4.67. The summed E-state index contributed by atoms with van der Waals surface area (Å²) in [6.45, 7) is 7.86. The molecular formula is C23H27F4NO3. The van der Waals surface area contributed by atoms with Gasteiger partial charge in [0, 0.05) is 40.4 Å². The molecule has 1 aliphatic rings. The highest BCUT2D eigenvalue weighted by Crippen LogP contribution is 2.59. The van der Waals surface area contributed by atoms with Crippen LogP contribution in [0.1, 0.15) is 68.1 Å². The van der Waals surface area contributed by atoms with Crippen LogP contribution in [0.15, 0.2) is 29.1 Å². The summed E-state index contributed by atoms with van der Waals surface area (Å²) in [7, 11) is 1.27. The largest absolute Gasteiger partial charge is 0.493 e. The van der Waals surface area contributed by atoms with Crippen LogP contribution >= 0.6 is 0 Å². The highest BCUT2D eigenvalue weighted by atomic mass is 19.4. The summed E-state index contributed by atoms with van der Waals surface area (Å²) in [4.78, 5) is 15.8. The van der Waals surface area contributed by atoms with Gasteiger partial charge in [0.1, 0.15) is 6.10 Å². The topological polar surface area (TPSA) is 51.3 Å². The minimum absolute atomic E-state index is 0.0548. The van der Waals surface area contributed by atoms with Gasteiger partial charge in [-0.2, -0.15) is 13.2 Å². The van der Waals surface area contributed by atoms with Crippen molar-refractivity contribution < 1.29 is 27.0 Å². The van der Waals surface area contributed by atoms with Crippen molar-refractivity contribution >= 4 is 0 Å². The summed E-state index contributed by atoms with van der Waals surface area (Å²) in [5.74, 6) is -2.84. The molecule has 3 rings (SSSR count). The van der Waals surface area contributed by atoms with Crippen LogP contribution in [0.5, 0.6) is 5.75 Å². The summed E-state index contributed by atoms with van der Waals surface area (Å²) in [6.07, 6.45) is -5.82. The first-order chi connectivity index (χ1) is 14.3. The molecule has 0 saturated carbocycles. The van der Waals surface area contributed by atoms with E-state index in [0.717, 1.165) is 6.92 Å². The van der Waals surface area contributed by atoms with Crippen LogP contribution in [0.2, 0.25) is 0 Å². The van der Waals surface area contributed by atoms with Gasteiger partial charge in [0.25, 0.3) is 0 Å². The van der Waals surface area contributed by atoms with E-state index in [2.05, 4.69) is 4.98 Å². The summed E-state index contributed by atoms with van der Waals surface area (Å²) in [5, 5.41) is 0. The molecule has 1 aromatic heterocycles. The lowest BCUT2D eigenvalue weighted by atomic mass is 9.76. The number of nitrogens with one attached hydrogen (secondary N) is 1. The van der Waals surface area contributed by atoms with Gasteiger partial charge in [0.15, 0.2) is 22.6 Å². The zero-order valence-electron chi connectivity index (χ0n) is 18.4. The van der Waals surface area contributed by atoms with E-state index in [9.17, 15) is 22.4 Å². The maximum absolute atomic E-state index is 14.4. The van der Waals surface area contributed by atoms with Crippen molar-refractivity contribution in [3.63, 3.8) is 0 Å². The monoisotopic (exact) mass is 441 g/mol. The normalized spacial score (nSPS) is 26.5. The summed E-state index contributed by atoms with van der Waals surface area (Å²) >= 11 is 0. The molecule has 1 fully saturated rings. The van der Waals surface area contributed by atoms with Crippen LogP contribution in [-0.4, -0.2) is 23.9 Å². The number of aryl methyl sites for hydroxylation is 1. The molecule has 0 spiro atoms. The van der Waals surface area contributed by atoms with Crippen LogP contribution in [-0.2, 0) is 4.74 Å². The van der Waals surface area contributed by atoms with Gasteiger partial charge in [-0.3, -0.25) is 4.79 Å². The molecule has 0 amide bonds. The predicted molar refractivity (Wildman–Crippen MR) is 109 cm³/mol. The quantitative estimate of drug-likeness (QED) is 0.613. The highest BCUT2D eigenvalue weighted by Gasteiger charge is 2.65. The fraction of sp³-hybridized carbons (Fsp3) is 0.522. The van der Waals surface area contributed by atoms with Gasteiger partial charge in [-0.25, -0.2) is 4.39 Å². The molecule has 170 valence electrons. The summed E-state index contributed by atoms with van der Waals surface area (Å²) in [6, 6.07) is 5.44. The molecule has 0 bridgehead atoms. The molecule has 4 atom stereocenters. The number of ether oxygens (including phenoxy) is 2. The molecule has 4 nitrogen and oxygen atoms in total. The van der Waals surface area contributed by atoms with E-state index >= 15 is 0 Å². The molecule has 0 aliphatic carbocycles. The Morgan fingerprint density at radius 3 is 2.42 bits per heavy atom. The molecule has 1 aliphatic heterocycles. The average Bonchev–Trinajstić information content (AvgIpc) is 2.93. The third-order valence-electron chi connectivity index (χ3n) is 6.40. The second kappa shape index (κ2) is 7.97. The molecule has 2 heterocycles. The molecular weight excluding hydrogens is 414 g/mol. The molecule has 31 heavy (non-hydrogen) atoms. The lowest BCUT2D eigenvalue weighted by molar-refractivity contribution is -0.275. The van der Waals surface area contributed by atoms with E-state index in [1.165, 1.54) is 38.3 Å². The zero-order valence-corrected chi connectivity index (χ0v) is 18.4. The number of benzene rings is 1. The van der Waals surface area contributed by atoms with E-state index in [-0.39, 0.29) is 28.4 Å². The summed E-state index contributed by atoms with van der Waals surface area (Å²) in [5.41, 5.74) is -1.15. The number of alkyl halides is 3. The Balaban J connectivity index is 2.24. The van der Waals surface area contributed by atoms with E-state index in [4.69, 9.17) is 9.47 Å². The van der Waals surface area contributed by atoms with Crippen LogP contribution in [0.4, 0.5) is 17.6 Å². The Bertz CT molecular complexity index is 1030. The summed E-state index contributed by atoms with van der Waals surface area (Å²) < 4.78 is 67.4. The SMILES string of the molecule is COc1c(F)cccc1[C@H]1[C@H](c2cc(=O)c(C(C)C)c(C)[nH]2)O[C@@](C)(C(F)(F)F)[C@H]1C. The predicted octanol–water partition coefficient (Wildman–Crippen LogP) is 5.77. The number of methoxy groups -OCH3 is 1. The van der Waals surface area contributed by atoms with Crippen LogP contribution < -0.4 is 10.2 Å². The van der Waals surface area contributed by atoms with Crippen LogP contribution in [0.3, 0.4) is 0 Å². The Morgan fingerprint density at radius 1 is 1.26 bits per heavy atom. The Labute approximate surface area is 178 Å². The lowest BCUT2D eigenvalue weighted by Crippen LogP contribution is -2.46. The smallest absolute Gasteiger partial charge is 0.417 e. The van der Waals surface area contributed by atoms with Crippen molar-refractivity contribution in [3.8, 4) is 5.75 Å². The number of hydrogen-bond donors (Lipinski definition) is 1. The van der Waals surface area contributed by atoms with Gasteiger partial charge in [-0.15, -0.1) is 0 Å². The molecule has 0 unspecified atom stereocenters.